The Labute approximate surface area is 175 Å². The van der Waals surface area contributed by atoms with E-state index in [9.17, 15) is 4.79 Å². The average molecular weight is 401 g/mol. The Morgan fingerprint density at radius 1 is 1.07 bits per heavy atom. The second kappa shape index (κ2) is 11.3. The van der Waals surface area contributed by atoms with E-state index in [0.29, 0.717) is 27.7 Å². The SMILES string of the molecule is Cl.[2H]C([2H])([2H])N(CCOc1ccc(CNC(=O)c2ccc(OC)c(OC)c2)cc1)C([2H])([2H])[2H]. The molecule has 0 atom stereocenters. The summed E-state index contributed by atoms with van der Waals surface area (Å²) in [6, 6.07) is 11.7. The molecule has 1 amide bonds. The fourth-order valence-corrected chi connectivity index (χ4v) is 2.22. The lowest BCUT2D eigenvalue weighted by Crippen LogP contribution is -2.22. The van der Waals surface area contributed by atoms with Crippen molar-refractivity contribution in [3.05, 3.63) is 53.6 Å². The summed E-state index contributed by atoms with van der Waals surface area (Å²) in [5.41, 5.74) is 1.24. The molecular formula is C20H27ClN2O4. The number of amides is 1. The number of likely N-dealkylation sites (N-methyl/N-ethyl adjacent to an activating group) is 1. The number of halogens is 1. The molecule has 0 bridgehead atoms. The second-order valence-electron chi connectivity index (χ2n) is 5.40. The molecule has 0 spiro atoms. The van der Waals surface area contributed by atoms with Gasteiger partial charge in [-0.15, -0.1) is 12.4 Å². The highest BCUT2D eigenvalue weighted by molar-refractivity contribution is 5.94. The van der Waals surface area contributed by atoms with Crippen LogP contribution >= 0.6 is 12.4 Å². The number of hydrogen-bond acceptors (Lipinski definition) is 5. The first kappa shape index (κ1) is 14.6. The van der Waals surface area contributed by atoms with Gasteiger partial charge in [0.1, 0.15) is 12.4 Å². The quantitative estimate of drug-likeness (QED) is 0.701. The topological polar surface area (TPSA) is 60.0 Å². The molecule has 0 aliphatic carbocycles. The molecule has 0 aromatic heterocycles. The van der Waals surface area contributed by atoms with Gasteiger partial charge in [-0.1, -0.05) is 12.1 Å². The largest absolute Gasteiger partial charge is 0.493 e. The summed E-state index contributed by atoms with van der Waals surface area (Å²) >= 11 is 0. The van der Waals surface area contributed by atoms with Gasteiger partial charge < -0.3 is 24.4 Å². The van der Waals surface area contributed by atoms with Gasteiger partial charge in [-0.25, -0.2) is 0 Å². The van der Waals surface area contributed by atoms with E-state index in [0.717, 1.165) is 5.56 Å². The molecule has 0 fully saturated rings. The van der Waals surface area contributed by atoms with Gasteiger partial charge in [-0.2, -0.15) is 0 Å². The number of hydrogen-bond donors (Lipinski definition) is 1. The highest BCUT2D eigenvalue weighted by Gasteiger charge is 2.10. The third kappa shape index (κ3) is 7.00. The average Bonchev–Trinajstić information content (AvgIpc) is 2.73. The van der Waals surface area contributed by atoms with E-state index in [2.05, 4.69) is 5.32 Å². The molecule has 0 aliphatic rings. The Morgan fingerprint density at radius 3 is 2.41 bits per heavy atom. The normalized spacial score (nSPS) is 14.3. The molecule has 0 aliphatic heterocycles. The zero-order valence-corrected chi connectivity index (χ0v) is 16.0. The first-order valence-electron chi connectivity index (χ1n) is 11.0. The molecule has 0 radical (unpaired) electrons. The van der Waals surface area contributed by atoms with E-state index in [4.69, 9.17) is 22.4 Å². The minimum Gasteiger partial charge on any atom is -0.493 e. The van der Waals surface area contributed by atoms with E-state index < -0.39 is 14.0 Å². The van der Waals surface area contributed by atoms with Crippen LogP contribution in [0.1, 0.15) is 24.1 Å². The van der Waals surface area contributed by atoms with Crippen LogP contribution in [0.3, 0.4) is 0 Å². The molecule has 6 nitrogen and oxygen atoms in total. The molecule has 27 heavy (non-hydrogen) atoms. The lowest BCUT2D eigenvalue weighted by Gasteiger charge is -2.12. The molecule has 2 aromatic carbocycles. The first-order chi connectivity index (χ1) is 15.0. The number of rotatable bonds is 9. The maximum Gasteiger partial charge on any atom is 0.251 e. The molecule has 0 saturated carbocycles. The van der Waals surface area contributed by atoms with Gasteiger partial charge in [0.05, 0.1) is 14.2 Å². The molecule has 148 valence electrons. The van der Waals surface area contributed by atoms with Crippen molar-refractivity contribution in [1.29, 1.82) is 0 Å². The minimum atomic E-state index is -2.75. The number of nitrogens with one attached hydrogen (secondary N) is 1. The van der Waals surface area contributed by atoms with Crippen LogP contribution in [0.5, 0.6) is 17.2 Å². The van der Waals surface area contributed by atoms with Crippen LogP contribution in [0.15, 0.2) is 42.5 Å². The van der Waals surface area contributed by atoms with Crippen molar-refractivity contribution in [2.75, 3.05) is 41.3 Å². The van der Waals surface area contributed by atoms with E-state index in [1.54, 1.807) is 42.5 Å². The zero-order chi connectivity index (χ0) is 23.9. The van der Waals surface area contributed by atoms with E-state index in [1.807, 2.05) is 0 Å². The molecule has 0 unspecified atom stereocenters. The van der Waals surface area contributed by atoms with Gasteiger partial charge in [0.15, 0.2) is 11.5 Å². The predicted molar refractivity (Wildman–Crippen MR) is 108 cm³/mol. The van der Waals surface area contributed by atoms with Crippen molar-refractivity contribution in [2.45, 2.75) is 6.54 Å². The highest BCUT2D eigenvalue weighted by Crippen LogP contribution is 2.27. The number of carbonyl (C=O) groups excluding carboxylic acids is 1. The smallest absolute Gasteiger partial charge is 0.251 e. The van der Waals surface area contributed by atoms with Gasteiger partial charge in [0, 0.05) is 26.9 Å². The number of ether oxygens (including phenoxy) is 3. The van der Waals surface area contributed by atoms with Crippen LogP contribution in [0, 0.1) is 0 Å². The molecule has 0 saturated heterocycles. The standard InChI is InChI=1S/C20H26N2O4.ClH/c1-22(2)11-12-26-17-8-5-15(6-9-17)14-21-20(23)16-7-10-18(24-3)19(13-16)25-4;/h5-10,13H,11-12,14H2,1-4H3,(H,21,23);1H/i1D3,2D3;. The van der Waals surface area contributed by atoms with E-state index in [-0.39, 0.29) is 38.0 Å². The maximum absolute atomic E-state index is 12.4. The van der Waals surface area contributed by atoms with Crippen molar-refractivity contribution in [1.82, 2.24) is 10.2 Å². The summed E-state index contributed by atoms with van der Waals surface area (Å²) < 4.78 is 59.9. The monoisotopic (exact) mass is 400 g/mol. The minimum absolute atomic E-state index is 0. The fraction of sp³-hybridized carbons (Fsp3) is 0.350. The second-order valence-corrected chi connectivity index (χ2v) is 5.40. The summed E-state index contributed by atoms with van der Waals surface area (Å²) in [4.78, 5) is 12.8. The lowest BCUT2D eigenvalue weighted by molar-refractivity contribution is 0.0950. The Bertz CT molecular complexity index is 893. The van der Waals surface area contributed by atoms with Crippen molar-refractivity contribution >= 4 is 18.3 Å². The van der Waals surface area contributed by atoms with Crippen LogP contribution in [-0.4, -0.2) is 52.1 Å². The Hall–Kier alpha value is -2.44. The number of methoxy groups -OCH3 is 2. The predicted octanol–water partition coefficient (Wildman–Crippen LogP) is 3.00. The summed E-state index contributed by atoms with van der Waals surface area (Å²) in [6.07, 6.45) is 0. The van der Waals surface area contributed by atoms with Crippen molar-refractivity contribution in [3.63, 3.8) is 0 Å². The van der Waals surface area contributed by atoms with Crippen LogP contribution in [0.4, 0.5) is 0 Å². The number of nitrogens with zero attached hydrogens (tertiary/aromatic N) is 1. The van der Waals surface area contributed by atoms with Crippen molar-refractivity contribution in [3.8, 4) is 17.2 Å². The molecule has 2 aromatic rings. The Kier molecular flexibility index (Phi) is 6.11. The Morgan fingerprint density at radius 2 is 1.78 bits per heavy atom. The van der Waals surface area contributed by atoms with Gasteiger partial charge in [0.25, 0.3) is 5.91 Å². The van der Waals surface area contributed by atoms with Crippen molar-refractivity contribution < 1.29 is 27.2 Å². The Balaban J connectivity index is 0.00000544. The molecule has 0 heterocycles. The molecular weight excluding hydrogens is 368 g/mol. The third-order valence-electron chi connectivity index (χ3n) is 3.61. The van der Waals surface area contributed by atoms with Gasteiger partial charge in [-0.05, 0) is 49.8 Å². The summed E-state index contributed by atoms with van der Waals surface area (Å²) in [7, 11) is 3.01. The summed E-state index contributed by atoms with van der Waals surface area (Å²) in [5.74, 6) is 1.16. The lowest BCUT2D eigenvalue weighted by atomic mass is 10.1. The van der Waals surface area contributed by atoms with Gasteiger partial charge in [0.2, 0.25) is 0 Å². The maximum atomic E-state index is 12.4. The van der Waals surface area contributed by atoms with Crippen LogP contribution < -0.4 is 19.5 Å². The van der Waals surface area contributed by atoms with Gasteiger partial charge >= 0.3 is 0 Å². The number of benzene rings is 2. The first-order valence-corrected chi connectivity index (χ1v) is 7.95. The summed E-state index contributed by atoms with van der Waals surface area (Å²) in [6.45, 7) is -5.60. The van der Waals surface area contributed by atoms with Crippen molar-refractivity contribution in [2.24, 2.45) is 0 Å². The molecule has 2 rings (SSSR count). The summed E-state index contributed by atoms with van der Waals surface area (Å²) in [5, 5.41) is 2.81. The third-order valence-corrected chi connectivity index (χ3v) is 3.61. The number of carbonyl (C=O) groups is 1. The highest BCUT2D eigenvalue weighted by atomic mass is 35.5. The van der Waals surface area contributed by atoms with E-state index >= 15 is 0 Å². The molecule has 1 N–H and O–H groups in total. The van der Waals surface area contributed by atoms with Gasteiger partial charge in [-0.3, -0.25) is 4.79 Å². The van der Waals surface area contributed by atoms with Crippen LogP contribution in [-0.2, 0) is 6.54 Å². The van der Waals surface area contributed by atoms with E-state index in [1.165, 1.54) is 14.2 Å². The fourth-order valence-electron chi connectivity index (χ4n) is 2.22. The zero-order valence-electron chi connectivity index (χ0n) is 21.2. The van der Waals surface area contributed by atoms with Crippen LogP contribution in [0.2, 0.25) is 0 Å². The molecule has 7 heteroatoms. The van der Waals surface area contributed by atoms with Crippen LogP contribution in [0.25, 0.3) is 0 Å².